The van der Waals surface area contributed by atoms with Gasteiger partial charge in [0.15, 0.2) is 0 Å². The summed E-state index contributed by atoms with van der Waals surface area (Å²) >= 11 is 11.8. The van der Waals surface area contributed by atoms with Crippen LogP contribution in [0.15, 0.2) is 18.2 Å². The molecule has 0 radical (unpaired) electrons. The standard InChI is InChI=1S/C9H7Cl2N/c10-7-4-3-6-2-1-5-12-9(6)8(7)11/h1-4,12H,5H2. The fourth-order valence-electron chi connectivity index (χ4n) is 1.23. The third-order valence-corrected chi connectivity index (χ3v) is 2.63. The van der Waals surface area contributed by atoms with Gasteiger partial charge in [-0.05, 0) is 11.6 Å². The molecule has 1 nitrogen and oxygen atoms in total. The van der Waals surface area contributed by atoms with Crippen LogP contribution in [0, 0.1) is 0 Å². The lowest BCUT2D eigenvalue weighted by Crippen LogP contribution is -2.04. The van der Waals surface area contributed by atoms with E-state index in [1.807, 2.05) is 18.2 Å². The van der Waals surface area contributed by atoms with Crippen LogP contribution in [0.4, 0.5) is 5.69 Å². The van der Waals surface area contributed by atoms with Crippen LogP contribution in [0.5, 0.6) is 0 Å². The van der Waals surface area contributed by atoms with E-state index in [1.165, 1.54) is 0 Å². The minimum absolute atomic E-state index is 0.596. The zero-order chi connectivity index (χ0) is 8.55. The third kappa shape index (κ3) is 1.19. The van der Waals surface area contributed by atoms with Gasteiger partial charge in [0.2, 0.25) is 0 Å². The highest BCUT2D eigenvalue weighted by Crippen LogP contribution is 2.34. The highest BCUT2D eigenvalue weighted by atomic mass is 35.5. The number of anilines is 1. The maximum Gasteiger partial charge on any atom is 0.0829 e. The predicted molar refractivity (Wildman–Crippen MR) is 54.0 cm³/mol. The van der Waals surface area contributed by atoms with Gasteiger partial charge >= 0.3 is 0 Å². The predicted octanol–water partition coefficient (Wildman–Crippen LogP) is 3.43. The zero-order valence-corrected chi connectivity index (χ0v) is 7.78. The van der Waals surface area contributed by atoms with Crippen molar-refractivity contribution < 1.29 is 0 Å². The maximum absolute atomic E-state index is 5.98. The Labute approximate surface area is 81.0 Å². The van der Waals surface area contributed by atoms with E-state index >= 15 is 0 Å². The van der Waals surface area contributed by atoms with Crippen LogP contribution in [0.25, 0.3) is 6.08 Å². The summed E-state index contributed by atoms with van der Waals surface area (Å²) in [7, 11) is 0. The molecule has 62 valence electrons. The first-order valence-corrected chi connectivity index (χ1v) is 4.43. The number of fused-ring (bicyclic) bond motifs is 1. The topological polar surface area (TPSA) is 12.0 Å². The molecule has 1 aliphatic rings. The first kappa shape index (κ1) is 7.96. The maximum atomic E-state index is 5.98. The molecule has 0 aromatic heterocycles. The lowest BCUT2D eigenvalue weighted by Gasteiger charge is -2.14. The summed E-state index contributed by atoms with van der Waals surface area (Å²) in [5.41, 5.74) is 2.03. The summed E-state index contributed by atoms with van der Waals surface area (Å²) in [4.78, 5) is 0. The van der Waals surface area contributed by atoms with Crippen LogP contribution in [0.1, 0.15) is 5.56 Å². The smallest absolute Gasteiger partial charge is 0.0829 e. The van der Waals surface area contributed by atoms with E-state index in [2.05, 4.69) is 5.32 Å². The van der Waals surface area contributed by atoms with Crippen LogP contribution in [-0.4, -0.2) is 6.54 Å². The molecule has 0 aliphatic carbocycles. The number of nitrogens with one attached hydrogen (secondary N) is 1. The number of benzene rings is 1. The molecule has 1 heterocycles. The summed E-state index contributed by atoms with van der Waals surface area (Å²) in [5, 5.41) is 4.37. The van der Waals surface area contributed by atoms with E-state index < -0.39 is 0 Å². The molecule has 12 heavy (non-hydrogen) atoms. The monoisotopic (exact) mass is 199 g/mol. The van der Waals surface area contributed by atoms with Crippen molar-refractivity contribution in [3.63, 3.8) is 0 Å². The van der Waals surface area contributed by atoms with Crippen molar-refractivity contribution in [3.8, 4) is 0 Å². The fraction of sp³-hybridized carbons (Fsp3) is 0.111. The van der Waals surface area contributed by atoms with Gasteiger partial charge in [-0.1, -0.05) is 41.4 Å². The van der Waals surface area contributed by atoms with Gasteiger partial charge in [0, 0.05) is 6.54 Å². The van der Waals surface area contributed by atoms with E-state index in [1.54, 1.807) is 6.07 Å². The van der Waals surface area contributed by atoms with Gasteiger partial charge in [-0.25, -0.2) is 0 Å². The number of halogens is 2. The Morgan fingerprint density at radius 1 is 1.25 bits per heavy atom. The van der Waals surface area contributed by atoms with Crippen molar-refractivity contribution in [1.82, 2.24) is 0 Å². The molecule has 0 saturated heterocycles. The summed E-state index contributed by atoms with van der Waals surface area (Å²) in [6, 6.07) is 3.76. The Hall–Kier alpha value is -0.660. The van der Waals surface area contributed by atoms with E-state index in [0.29, 0.717) is 10.0 Å². The quantitative estimate of drug-likeness (QED) is 0.676. The number of hydrogen-bond acceptors (Lipinski definition) is 1. The molecule has 3 heteroatoms. The molecule has 0 atom stereocenters. The fourth-order valence-corrected chi connectivity index (χ4v) is 1.63. The summed E-state index contributed by atoms with van der Waals surface area (Å²) in [6.45, 7) is 0.813. The van der Waals surface area contributed by atoms with Gasteiger partial charge in [-0.15, -0.1) is 0 Å². The van der Waals surface area contributed by atoms with Crippen molar-refractivity contribution in [2.45, 2.75) is 0 Å². The summed E-state index contributed by atoms with van der Waals surface area (Å²) in [6.07, 6.45) is 4.08. The Morgan fingerprint density at radius 2 is 2.08 bits per heavy atom. The lowest BCUT2D eigenvalue weighted by atomic mass is 10.1. The molecule has 0 spiro atoms. The highest BCUT2D eigenvalue weighted by Gasteiger charge is 2.09. The van der Waals surface area contributed by atoms with Gasteiger partial charge in [-0.2, -0.15) is 0 Å². The average molecular weight is 200 g/mol. The van der Waals surface area contributed by atoms with Crippen molar-refractivity contribution in [2.24, 2.45) is 0 Å². The number of hydrogen-bond donors (Lipinski definition) is 1. The van der Waals surface area contributed by atoms with Crippen LogP contribution in [0.3, 0.4) is 0 Å². The van der Waals surface area contributed by atoms with Gasteiger partial charge in [0.1, 0.15) is 0 Å². The van der Waals surface area contributed by atoms with E-state index in [4.69, 9.17) is 23.2 Å². The van der Waals surface area contributed by atoms with Crippen molar-refractivity contribution in [2.75, 3.05) is 11.9 Å². The van der Waals surface area contributed by atoms with Gasteiger partial charge in [0.25, 0.3) is 0 Å². The molecule has 0 amide bonds. The first-order chi connectivity index (χ1) is 5.79. The van der Waals surface area contributed by atoms with Gasteiger partial charge in [0.05, 0.1) is 15.7 Å². The molecule has 1 aromatic carbocycles. The summed E-state index contributed by atoms with van der Waals surface area (Å²) < 4.78 is 0. The Bertz CT molecular complexity index is 345. The van der Waals surface area contributed by atoms with Crippen molar-refractivity contribution in [1.29, 1.82) is 0 Å². The largest absolute Gasteiger partial charge is 0.380 e. The molecule has 0 saturated carbocycles. The van der Waals surface area contributed by atoms with Crippen LogP contribution in [-0.2, 0) is 0 Å². The van der Waals surface area contributed by atoms with Crippen LogP contribution in [0.2, 0.25) is 10.0 Å². The molecule has 0 unspecified atom stereocenters. The molecule has 2 rings (SSSR count). The second-order valence-corrected chi connectivity index (χ2v) is 3.39. The first-order valence-electron chi connectivity index (χ1n) is 3.67. The van der Waals surface area contributed by atoms with Gasteiger partial charge in [-0.3, -0.25) is 0 Å². The molecular formula is C9H7Cl2N. The second kappa shape index (κ2) is 3.00. The minimum Gasteiger partial charge on any atom is -0.380 e. The zero-order valence-electron chi connectivity index (χ0n) is 6.27. The van der Waals surface area contributed by atoms with E-state index in [0.717, 1.165) is 17.8 Å². The van der Waals surface area contributed by atoms with Crippen LogP contribution < -0.4 is 5.32 Å². The molecular weight excluding hydrogens is 193 g/mol. The molecule has 1 aliphatic heterocycles. The van der Waals surface area contributed by atoms with Crippen molar-refractivity contribution >= 4 is 35.0 Å². The molecule has 0 bridgehead atoms. The SMILES string of the molecule is Clc1ccc2c(c1Cl)NCC=C2. The van der Waals surface area contributed by atoms with E-state index in [-0.39, 0.29) is 0 Å². The lowest BCUT2D eigenvalue weighted by molar-refractivity contribution is 1.31. The average Bonchev–Trinajstić information content (AvgIpc) is 2.12. The van der Waals surface area contributed by atoms with Crippen molar-refractivity contribution in [3.05, 3.63) is 33.8 Å². The molecule has 1 aromatic rings. The number of rotatable bonds is 0. The summed E-state index contributed by atoms with van der Waals surface area (Å²) in [5.74, 6) is 0. The Morgan fingerprint density at radius 3 is 2.92 bits per heavy atom. The third-order valence-electron chi connectivity index (χ3n) is 1.82. The highest BCUT2D eigenvalue weighted by molar-refractivity contribution is 6.44. The Kier molecular flexibility index (Phi) is 1.99. The second-order valence-electron chi connectivity index (χ2n) is 2.61. The Balaban J connectivity index is 2.63. The van der Waals surface area contributed by atoms with Crippen LogP contribution >= 0.6 is 23.2 Å². The molecule has 0 fully saturated rings. The van der Waals surface area contributed by atoms with E-state index in [9.17, 15) is 0 Å². The minimum atomic E-state index is 0.596. The molecule has 1 N–H and O–H groups in total. The van der Waals surface area contributed by atoms with Gasteiger partial charge < -0.3 is 5.32 Å². The normalized spacial score (nSPS) is 13.8.